The van der Waals surface area contributed by atoms with Gasteiger partial charge in [0.05, 0.1) is 0 Å². The Kier molecular flexibility index (Phi) is 3.53. The van der Waals surface area contributed by atoms with Crippen LogP contribution in [0, 0.1) is 10.7 Å². The molecule has 0 amide bonds. The molecule has 0 radical (unpaired) electrons. The van der Waals surface area contributed by atoms with Crippen LogP contribution >= 0.6 is 0 Å². The van der Waals surface area contributed by atoms with Crippen molar-refractivity contribution in [1.29, 1.82) is 4.78 Å². The van der Waals surface area contributed by atoms with Gasteiger partial charge in [0.2, 0.25) is 0 Å². The van der Waals surface area contributed by atoms with E-state index >= 15 is 0 Å². The van der Waals surface area contributed by atoms with Gasteiger partial charge in [-0.2, -0.15) is 0 Å². The average molecular weight is 191 g/mol. The van der Waals surface area contributed by atoms with Crippen molar-refractivity contribution in [3.8, 4) is 0 Å². The van der Waals surface area contributed by atoms with Crippen LogP contribution in [0.1, 0.15) is 19.8 Å². The first-order valence-electron chi connectivity index (χ1n) is 4.46. The van der Waals surface area contributed by atoms with Gasteiger partial charge in [0.15, 0.2) is 0 Å². The third kappa shape index (κ3) is 3.11. The predicted molar refractivity (Wildman–Crippen MR) is 49.8 cm³/mol. The third-order valence-electron chi connectivity index (χ3n) is 2.27. The molecule has 3 nitrogen and oxygen atoms in total. The molecule has 72 valence electrons. The lowest BCUT2D eigenvalue weighted by Gasteiger charge is -2.22. The van der Waals surface area contributed by atoms with Gasteiger partial charge in [-0.25, -0.2) is 4.21 Å². The van der Waals surface area contributed by atoms with Gasteiger partial charge in [0, 0.05) is 34.4 Å². The number of ether oxygens (including phenoxy) is 1. The first kappa shape index (κ1) is 9.99. The molecule has 0 aromatic rings. The highest BCUT2D eigenvalue weighted by Gasteiger charge is 2.20. The standard InChI is InChI=1S/C8H17NO2S/c1-2-11-7-8-3-5-12(9,10)6-4-8/h8-9H,2-7H2,1H3. The van der Waals surface area contributed by atoms with Crippen LogP contribution in [0.3, 0.4) is 0 Å². The minimum absolute atomic E-state index is 0.546. The van der Waals surface area contributed by atoms with Crippen LogP contribution in [0.25, 0.3) is 0 Å². The molecule has 0 unspecified atom stereocenters. The highest BCUT2D eigenvalue weighted by atomic mass is 32.2. The first-order valence-corrected chi connectivity index (χ1v) is 6.35. The van der Waals surface area contributed by atoms with Gasteiger partial charge in [-0.05, 0) is 25.7 Å². The summed E-state index contributed by atoms with van der Waals surface area (Å²) in [7, 11) is -2.20. The van der Waals surface area contributed by atoms with Crippen LogP contribution < -0.4 is 0 Å². The van der Waals surface area contributed by atoms with Crippen molar-refractivity contribution in [2.24, 2.45) is 5.92 Å². The van der Waals surface area contributed by atoms with E-state index in [1.807, 2.05) is 6.92 Å². The Balaban J connectivity index is 2.27. The smallest absolute Gasteiger partial charge is 0.0494 e. The van der Waals surface area contributed by atoms with Crippen molar-refractivity contribution in [3.05, 3.63) is 0 Å². The van der Waals surface area contributed by atoms with Crippen LogP contribution in [0.5, 0.6) is 0 Å². The predicted octanol–water partition coefficient (Wildman–Crippen LogP) is 1.48. The van der Waals surface area contributed by atoms with Crippen molar-refractivity contribution in [3.63, 3.8) is 0 Å². The maximum Gasteiger partial charge on any atom is 0.0494 e. The second-order valence-electron chi connectivity index (χ2n) is 3.32. The van der Waals surface area contributed by atoms with Gasteiger partial charge in [-0.15, -0.1) is 0 Å². The summed E-state index contributed by atoms with van der Waals surface area (Å²) in [6.07, 6.45) is 1.81. The van der Waals surface area contributed by atoms with Crippen molar-refractivity contribution >= 4 is 9.73 Å². The summed E-state index contributed by atoms with van der Waals surface area (Å²) in [5, 5.41) is 0. The zero-order chi connectivity index (χ0) is 9.03. The summed E-state index contributed by atoms with van der Waals surface area (Å²) in [4.78, 5) is 0. The molecule has 1 heterocycles. The van der Waals surface area contributed by atoms with E-state index < -0.39 is 9.73 Å². The normalized spacial score (nSPS) is 36.6. The van der Waals surface area contributed by atoms with Crippen molar-refractivity contribution in [2.75, 3.05) is 24.7 Å². The van der Waals surface area contributed by atoms with Gasteiger partial charge in [0.1, 0.15) is 0 Å². The Morgan fingerprint density at radius 2 is 2.08 bits per heavy atom. The van der Waals surface area contributed by atoms with Gasteiger partial charge in [-0.3, -0.25) is 4.78 Å². The van der Waals surface area contributed by atoms with Gasteiger partial charge >= 0.3 is 0 Å². The molecule has 1 N–H and O–H groups in total. The van der Waals surface area contributed by atoms with E-state index in [2.05, 4.69) is 0 Å². The second-order valence-corrected chi connectivity index (χ2v) is 5.76. The largest absolute Gasteiger partial charge is 0.381 e. The Hall–Kier alpha value is -0.0900. The van der Waals surface area contributed by atoms with E-state index in [-0.39, 0.29) is 0 Å². The van der Waals surface area contributed by atoms with Gasteiger partial charge in [-0.1, -0.05) is 0 Å². The number of rotatable bonds is 3. The molecule has 0 spiro atoms. The molecule has 0 atom stereocenters. The molecule has 0 bridgehead atoms. The summed E-state index contributed by atoms with van der Waals surface area (Å²) < 4.78 is 23.9. The quantitative estimate of drug-likeness (QED) is 0.734. The zero-order valence-electron chi connectivity index (χ0n) is 7.54. The SMILES string of the molecule is CCOCC1CCS(=N)(=O)CC1. The minimum Gasteiger partial charge on any atom is -0.381 e. The average Bonchev–Trinajstić information content (AvgIpc) is 2.03. The summed E-state index contributed by atoms with van der Waals surface area (Å²) in [5.41, 5.74) is 0. The molecule has 1 saturated heterocycles. The van der Waals surface area contributed by atoms with E-state index in [0.29, 0.717) is 17.4 Å². The molecule has 0 aromatic carbocycles. The second kappa shape index (κ2) is 4.23. The number of hydrogen-bond acceptors (Lipinski definition) is 3. The van der Waals surface area contributed by atoms with Crippen molar-refractivity contribution < 1.29 is 8.95 Å². The lowest BCUT2D eigenvalue weighted by molar-refractivity contribution is 0.107. The van der Waals surface area contributed by atoms with Gasteiger partial charge < -0.3 is 4.74 Å². The molecule has 1 rings (SSSR count). The fraction of sp³-hybridized carbons (Fsp3) is 1.00. The van der Waals surface area contributed by atoms with Crippen LogP contribution in [0.15, 0.2) is 0 Å². The van der Waals surface area contributed by atoms with Gasteiger partial charge in [0.25, 0.3) is 0 Å². The minimum atomic E-state index is -2.20. The maximum atomic E-state index is 11.3. The molecule has 12 heavy (non-hydrogen) atoms. The molecule has 0 aliphatic carbocycles. The number of nitrogens with one attached hydrogen (secondary N) is 1. The Bertz CT molecular complexity index is 209. The first-order chi connectivity index (χ1) is 5.64. The van der Waals surface area contributed by atoms with E-state index in [0.717, 1.165) is 26.1 Å². The van der Waals surface area contributed by atoms with E-state index in [4.69, 9.17) is 9.52 Å². The molecular weight excluding hydrogens is 174 g/mol. The van der Waals surface area contributed by atoms with Crippen molar-refractivity contribution in [2.45, 2.75) is 19.8 Å². The molecule has 0 saturated carbocycles. The Morgan fingerprint density at radius 1 is 1.50 bits per heavy atom. The Labute approximate surface area is 74.5 Å². The monoisotopic (exact) mass is 191 g/mol. The number of hydrogen-bond donors (Lipinski definition) is 1. The van der Waals surface area contributed by atoms with E-state index in [1.54, 1.807) is 0 Å². The highest BCUT2D eigenvalue weighted by Crippen LogP contribution is 2.19. The summed E-state index contributed by atoms with van der Waals surface area (Å²) >= 11 is 0. The maximum absolute atomic E-state index is 11.3. The summed E-state index contributed by atoms with van der Waals surface area (Å²) in [6.45, 7) is 3.52. The fourth-order valence-electron chi connectivity index (χ4n) is 1.41. The summed E-state index contributed by atoms with van der Waals surface area (Å²) in [6, 6.07) is 0. The molecule has 1 aliphatic rings. The van der Waals surface area contributed by atoms with Crippen LogP contribution in [-0.4, -0.2) is 28.9 Å². The molecule has 0 aromatic heterocycles. The third-order valence-corrected chi connectivity index (χ3v) is 4.06. The molecule has 1 aliphatic heterocycles. The lowest BCUT2D eigenvalue weighted by atomic mass is 10.0. The molecule has 1 fully saturated rings. The van der Waals surface area contributed by atoms with E-state index in [1.165, 1.54) is 0 Å². The zero-order valence-corrected chi connectivity index (χ0v) is 8.36. The molecule has 4 heteroatoms. The topological polar surface area (TPSA) is 50.1 Å². The van der Waals surface area contributed by atoms with Crippen LogP contribution in [0.4, 0.5) is 0 Å². The fourth-order valence-corrected chi connectivity index (χ4v) is 3.04. The van der Waals surface area contributed by atoms with Crippen LogP contribution in [0.2, 0.25) is 0 Å². The lowest BCUT2D eigenvalue weighted by Crippen LogP contribution is -2.25. The molecular formula is C8H17NO2S. The van der Waals surface area contributed by atoms with Crippen LogP contribution in [-0.2, 0) is 14.5 Å². The highest BCUT2D eigenvalue weighted by molar-refractivity contribution is 7.92. The van der Waals surface area contributed by atoms with E-state index in [9.17, 15) is 4.21 Å². The Morgan fingerprint density at radius 3 is 2.58 bits per heavy atom. The van der Waals surface area contributed by atoms with Crippen molar-refractivity contribution in [1.82, 2.24) is 0 Å². The summed E-state index contributed by atoms with van der Waals surface area (Å²) in [5.74, 6) is 1.69.